The molecule has 2 N–H and O–H groups in total. The summed E-state index contributed by atoms with van der Waals surface area (Å²) in [5.74, 6) is -4.54. The summed E-state index contributed by atoms with van der Waals surface area (Å²) in [6.07, 6.45) is 0. The van der Waals surface area contributed by atoms with Crippen molar-refractivity contribution >= 4 is 52.5 Å². The van der Waals surface area contributed by atoms with Crippen molar-refractivity contribution in [2.75, 3.05) is 0 Å². The maximum atomic E-state index is 11.0. The molecule has 0 aliphatic rings. The molecule has 0 amide bonds. The smallest absolute Gasteiger partial charge is 0.348 e. The molecule has 0 aliphatic heterocycles. The molecule has 0 radical (unpaired) electrons. The number of hydrogen-bond donors (Lipinski definition) is 2. The Hall–Kier alpha value is -0.780. The quantitative estimate of drug-likeness (QED) is 0.448. The van der Waals surface area contributed by atoms with Crippen LogP contribution in [0.1, 0.15) is 0 Å². The summed E-state index contributed by atoms with van der Waals surface area (Å²) in [6.45, 7) is 0. The van der Waals surface area contributed by atoms with Gasteiger partial charge in [0.15, 0.2) is 5.38 Å². The van der Waals surface area contributed by atoms with Gasteiger partial charge in [0.2, 0.25) is 5.78 Å². The summed E-state index contributed by atoms with van der Waals surface area (Å²) >= 11 is 15.4. The first-order valence-corrected chi connectivity index (χ1v) is 4.18. The third-order valence-electron chi connectivity index (χ3n) is 1.04. The molecule has 0 aromatic carbocycles. The number of carboxylic acid groups (broad SMARTS) is 2. The molecule has 1 unspecified atom stereocenters. The van der Waals surface area contributed by atoms with E-state index in [1.807, 2.05) is 0 Å². The topological polar surface area (TPSA) is 91.7 Å². The third kappa shape index (κ3) is 3.17. The van der Waals surface area contributed by atoms with Crippen LogP contribution in [0.5, 0.6) is 0 Å². The van der Waals surface area contributed by atoms with Crippen LogP contribution in [0.2, 0.25) is 0 Å². The molecular weight excluding hydrogens is 258 g/mol. The van der Waals surface area contributed by atoms with Crippen molar-refractivity contribution in [3.05, 3.63) is 10.1 Å². The standard InChI is InChI=1S/C6H3Cl3O5/c7-1(2(8)5(11)12)4(10)3(9)6(13)14/h3H,(H,11,12)(H,13,14)/b2-1-. The van der Waals surface area contributed by atoms with E-state index in [2.05, 4.69) is 0 Å². The molecule has 0 aromatic rings. The lowest BCUT2D eigenvalue weighted by molar-refractivity contribution is -0.139. The van der Waals surface area contributed by atoms with Crippen LogP contribution in [0.4, 0.5) is 0 Å². The van der Waals surface area contributed by atoms with E-state index < -0.39 is 33.2 Å². The highest BCUT2D eigenvalue weighted by molar-refractivity contribution is 6.58. The highest BCUT2D eigenvalue weighted by atomic mass is 35.5. The molecule has 0 spiro atoms. The summed E-state index contributed by atoms with van der Waals surface area (Å²) in [5.41, 5.74) is 0. The van der Waals surface area contributed by atoms with Crippen molar-refractivity contribution in [1.29, 1.82) is 0 Å². The van der Waals surface area contributed by atoms with Gasteiger partial charge in [-0.2, -0.15) is 0 Å². The van der Waals surface area contributed by atoms with Crippen molar-refractivity contribution in [3.63, 3.8) is 0 Å². The van der Waals surface area contributed by atoms with E-state index >= 15 is 0 Å². The fourth-order valence-electron chi connectivity index (χ4n) is 0.425. The zero-order chi connectivity index (χ0) is 11.5. The lowest BCUT2D eigenvalue weighted by Gasteiger charge is -2.02. The van der Waals surface area contributed by atoms with Crippen LogP contribution < -0.4 is 0 Å². The molecule has 0 aliphatic carbocycles. The average Bonchev–Trinajstić information content (AvgIpc) is 2.12. The maximum absolute atomic E-state index is 11.0. The molecule has 0 bridgehead atoms. The van der Waals surface area contributed by atoms with E-state index in [4.69, 9.17) is 45.0 Å². The number of carbonyl (C=O) groups is 3. The van der Waals surface area contributed by atoms with Crippen LogP contribution in [0.15, 0.2) is 10.1 Å². The molecule has 8 heteroatoms. The van der Waals surface area contributed by atoms with Gasteiger partial charge in [0.05, 0.1) is 0 Å². The fourth-order valence-corrected chi connectivity index (χ4v) is 0.873. The second-order valence-electron chi connectivity index (χ2n) is 2.00. The summed E-state index contributed by atoms with van der Waals surface area (Å²) in [7, 11) is 0. The van der Waals surface area contributed by atoms with Crippen molar-refractivity contribution in [3.8, 4) is 0 Å². The predicted octanol–water partition coefficient (Wildman–Crippen LogP) is 1.02. The molecule has 14 heavy (non-hydrogen) atoms. The zero-order valence-electron chi connectivity index (χ0n) is 6.33. The van der Waals surface area contributed by atoms with Gasteiger partial charge in [0.1, 0.15) is 10.1 Å². The highest BCUT2D eigenvalue weighted by Crippen LogP contribution is 2.18. The second kappa shape index (κ2) is 5.19. The average molecular weight is 261 g/mol. The number of Topliss-reactive ketones (excluding diaryl/α,β-unsaturated/α-hetero) is 1. The normalized spacial score (nSPS) is 14.2. The van der Waals surface area contributed by atoms with Gasteiger partial charge < -0.3 is 10.2 Å². The molecule has 0 saturated heterocycles. The van der Waals surface area contributed by atoms with Crippen LogP contribution in [0.3, 0.4) is 0 Å². The number of rotatable bonds is 4. The molecule has 0 aromatic heterocycles. The van der Waals surface area contributed by atoms with Crippen molar-refractivity contribution in [1.82, 2.24) is 0 Å². The first-order chi connectivity index (χ1) is 6.29. The van der Waals surface area contributed by atoms with Gasteiger partial charge in [-0.1, -0.05) is 23.2 Å². The Morgan fingerprint density at radius 1 is 1.00 bits per heavy atom. The van der Waals surface area contributed by atoms with E-state index in [0.717, 1.165) is 0 Å². The number of aliphatic carboxylic acids is 2. The van der Waals surface area contributed by atoms with Crippen LogP contribution in [0, 0.1) is 0 Å². The van der Waals surface area contributed by atoms with E-state index in [-0.39, 0.29) is 0 Å². The molecule has 0 rings (SSSR count). The minimum atomic E-state index is -1.95. The van der Waals surface area contributed by atoms with E-state index in [0.29, 0.717) is 0 Å². The van der Waals surface area contributed by atoms with Crippen LogP contribution in [-0.2, 0) is 14.4 Å². The maximum Gasteiger partial charge on any atom is 0.348 e. The molecule has 5 nitrogen and oxygen atoms in total. The Labute approximate surface area is 92.9 Å². The first-order valence-electron chi connectivity index (χ1n) is 2.98. The predicted molar refractivity (Wildman–Crippen MR) is 48.7 cm³/mol. The largest absolute Gasteiger partial charge is 0.480 e. The first kappa shape index (κ1) is 13.2. The third-order valence-corrected chi connectivity index (χ3v) is 2.25. The van der Waals surface area contributed by atoms with Crippen LogP contribution in [0.25, 0.3) is 0 Å². The van der Waals surface area contributed by atoms with Gasteiger partial charge >= 0.3 is 11.9 Å². The molecule has 1 atom stereocenters. The Morgan fingerprint density at radius 2 is 1.43 bits per heavy atom. The molecule has 0 fully saturated rings. The van der Waals surface area contributed by atoms with Crippen molar-refractivity contribution in [2.24, 2.45) is 0 Å². The lowest BCUT2D eigenvalue weighted by Crippen LogP contribution is -2.25. The Morgan fingerprint density at radius 3 is 1.71 bits per heavy atom. The SMILES string of the molecule is O=C(O)/C(Cl)=C(/Cl)C(=O)C(Cl)C(=O)O. The molecule has 78 valence electrons. The fraction of sp³-hybridized carbons (Fsp3) is 0.167. The highest BCUT2D eigenvalue weighted by Gasteiger charge is 2.28. The number of halogens is 3. The number of hydrogen-bond acceptors (Lipinski definition) is 3. The zero-order valence-corrected chi connectivity index (χ0v) is 8.60. The van der Waals surface area contributed by atoms with Gasteiger partial charge in [-0.25, -0.2) is 4.79 Å². The number of alkyl halides is 1. The second-order valence-corrected chi connectivity index (χ2v) is 3.19. The number of carbonyl (C=O) groups excluding carboxylic acids is 1. The Kier molecular flexibility index (Phi) is 4.90. The summed E-state index contributed by atoms with van der Waals surface area (Å²) in [5, 5.41) is 12.8. The van der Waals surface area contributed by atoms with Gasteiger partial charge in [0, 0.05) is 0 Å². The van der Waals surface area contributed by atoms with E-state index in [1.54, 1.807) is 0 Å². The molecule has 0 heterocycles. The van der Waals surface area contributed by atoms with Gasteiger partial charge in [-0.15, -0.1) is 11.6 Å². The summed E-state index contributed by atoms with van der Waals surface area (Å²) < 4.78 is 0. The van der Waals surface area contributed by atoms with E-state index in [9.17, 15) is 14.4 Å². The summed E-state index contributed by atoms with van der Waals surface area (Å²) in [6, 6.07) is 0. The molecule has 0 saturated carbocycles. The summed E-state index contributed by atoms with van der Waals surface area (Å²) in [4.78, 5) is 31.4. The van der Waals surface area contributed by atoms with E-state index in [1.165, 1.54) is 0 Å². The molecular formula is C6H3Cl3O5. The monoisotopic (exact) mass is 260 g/mol. The number of ketones is 1. The minimum Gasteiger partial charge on any atom is -0.480 e. The van der Waals surface area contributed by atoms with Crippen molar-refractivity contribution in [2.45, 2.75) is 5.38 Å². The van der Waals surface area contributed by atoms with Crippen molar-refractivity contribution < 1.29 is 24.6 Å². The van der Waals surface area contributed by atoms with Gasteiger partial charge in [-0.05, 0) is 0 Å². The number of carboxylic acids is 2. The minimum absolute atomic E-state index is 0.915. The van der Waals surface area contributed by atoms with Crippen LogP contribution in [-0.4, -0.2) is 33.3 Å². The van der Waals surface area contributed by atoms with Gasteiger partial charge in [-0.3, -0.25) is 9.59 Å². The van der Waals surface area contributed by atoms with Crippen LogP contribution >= 0.6 is 34.8 Å². The van der Waals surface area contributed by atoms with Gasteiger partial charge in [0.25, 0.3) is 0 Å². The Balaban J connectivity index is 4.97. The number of allylic oxidation sites excluding steroid dienone is 1. The lowest BCUT2D eigenvalue weighted by atomic mass is 10.2. The Bertz CT molecular complexity index is 321.